The molecule has 0 aliphatic carbocycles. The number of benzene rings is 1. The molecule has 25 heavy (non-hydrogen) atoms. The van der Waals surface area contributed by atoms with Crippen LogP contribution >= 0.6 is 0 Å². The summed E-state index contributed by atoms with van der Waals surface area (Å²) in [5.74, 6) is -0.271. The smallest absolute Gasteiger partial charge is 0.408 e. The third-order valence-corrected chi connectivity index (χ3v) is 4.79. The summed E-state index contributed by atoms with van der Waals surface area (Å²) in [6.45, 7) is 7.49. The summed E-state index contributed by atoms with van der Waals surface area (Å²) >= 11 is 0. The Kier molecular flexibility index (Phi) is 4.62. The highest BCUT2D eigenvalue weighted by Gasteiger charge is 2.17. The summed E-state index contributed by atoms with van der Waals surface area (Å²) < 4.78 is 8.88. The lowest BCUT2D eigenvalue weighted by atomic mass is 10.3. The average molecular weight is 342 g/mol. The van der Waals surface area contributed by atoms with Gasteiger partial charge < -0.3 is 4.42 Å². The predicted octanol–water partition coefficient (Wildman–Crippen LogP) is 0.504. The van der Waals surface area contributed by atoms with Crippen LogP contribution < -0.4 is 5.76 Å². The van der Waals surface area contributed by atoms with Gasteiger partial charge in [0.05, 0.1) is 12.1 Å². The lowest BCUT2D eigenvalue weighted by Crippen LogP contribution is -2.48. The molecular formula is C17H22N6O2. The molecule has 8 heteroatoms. The second kappa shape index (κ2) is 7.20. The van der Waals surface area contributed by atoms with Crippen molar-refractivity contribution in [3.63, 3.8) is 0 Å². The predicted molar refractivity (Wildman–Crippen MR) is 93.4 cm³/mol. The molecule has 0 radical (unpaired) electrons. The molecule has 0 amide bonds. The van der Waals surface area contributed by atoms with Gasteiger partial charge in [-0.25, -0.2) is 9.78 Å². The fourth-order valence-corrected chi connectivity index (χ4v) is 3.30. The maximum absolute atomic E-state index is 12.0. The Morgan fingerprint density at radius 2 is 1.68 bits per heavy atom. The average Bonchev–Trinajstić information content (AvgIpc) is 3.26. The molecule has 132 valence electrons. The van der Waals surface area contributed by atoms with E-state index in [0.29, 0.717) is 12.1 Å². The Hall–Kier alpha value is -2.45. The fraction of sp³-hybridized carbons (Fsp3) is 0.471. The normalized spacial score (nSPS) is 16.6. The van der Waals surface area contributed by atoms with Crippen molar-refractivity contribution in [2.75, 3.05) is 39.3 Å². The molecule has 0 unspecified atom stereocenters. The third kappa shape index (κ3) is 3.64. The summed E-state index contributed by atoms with van der Waals surface area (Å²) in [5, 5.41) is 4.13. The van der Waals surface area contributed by atoms with Crippen LogP contribution in [0.3, 0.4) is 0 Å². The summed E-state index contributed by atoms with van der Waals surface area (Å²) in [5.41, 5.74) is 1.53. The molecule has 0 spiro atoms. The fourth-order valence-electron chi connectivity index (χ4n) is 3.30. The van der Waals surface area contributed by atoms with Gasteiger partial charge in [0.25, 0.3) is 0 Å². The maximum atomic E-state index is 12.0. The Morgan fingerprint density at radius 1 is 0.960 bits per heavy atom. The van der Waals surface area contributed by atoms with Crippen molar-refractivity contribution in [2.24, 2.45) is 0 Å². The molecule has 1 aromatic carbocycles. The molecule has 3 heterocycles. The van der Waals surface area contributed by atoms with Crippen LogP contribution in [-0.4, -0.2) is 68.4 Å². The molecule has 0 atom stereocenters. The van der Waals surface area contributed by atoms with Gasteiger partial charge in [0.15, 0.2) is 5.58 Å². The zero-order chi connectivity index (χ0) is 17.1. The van der Waals surface area contributed by atoms with Crippen LogP contribution in [0, 0.1) is 0 Å². The molecule has 1 aliphatic heterocycles. The van der Waals surface area contributed by atoms with Gasteiger partial charge in [0.1, 0.15) is 12.7 Å². The highest BCUT2D eigenvalue weighted by molar-refractivity contribution is 5.72. The number of oxazole rings is 1. The van der Waals surface area contributed by atoms with E-state index in [4.69, 9.17) is 4.42 Å². The molecular weight excluding hydrogens is 320 g/mol. The monoisotopic (exact) mass is 342 g/mol. The van der Waals surface area contributed by atoms with Crippen molar-refractivity contribution in [3.8, 4) is 0 Å². The molecule has 0 bridgehead atoms. The van der Waals surface area contributed by atoms with Gasteiger partial charge in [0.2, 0.25) is 0 Å². The SMILES string of the molecule is O=c1oc2ccccc2n1CCN1CCN(CCn2cncn2)CC1. The third-order valence-electron chi connectivity index (χ3n) is 4.79. The van der Waals surface area contributed by atoms with Gasteiger partial charge in [-0.2, -0.15) is 5.10 Å². The van der Waals surface area contributed by atoms with E-state index in [1.54, 1.807) is 17.2 Å². The second-order valence-corrected chi connectivity index (χ2v) is 6.33. The first-order valence-corrected chi connectivity index (χ1v) is 8.65. The quantitative estimate of drug-likeness (QED) is 0.650. The van der Waals surface area contributed by atoms with Gasteiger partial charge in [-0.15, -0.1) is 0 Å². The molecule has 1 fully saturated rings. The van der Waals surface area contributed by atoms with Gasteiger partial charge in [-0.1, -0.05) is 12.1 Å². The van der Waals surface area contributed by atoms with Gasteiger partial charge in [-0.3, -0.25) is 19.0 Å². The van der Waals surface area contributed by atoms with E-state index in [9.17, 15) is 4.79 Å². The van der Waals surface area contributed by atoms with E-state index >= 15 is 0 Å². The minimum atomic E-state index is -0.271. The molecule has 1 aliphatic rings. The number of rotatable bonds is 6. The Balaban J connectivity index is 1.27. The Morgan fingerprint density at radius 3 is 2.40 bits per heavy atom. The topological polar surface area (TPSA) is 72.3 Å². The molecule has 0 saturated carbocycles. The number of hydrogen-bond donors (Lipinski definition) is 0. The zero-order valence-corrected chi connectivity index (χ0v) is 14.1. The summed E-state index contributed by atoms with van der Waals surface area (Å²) in [4.78, 5) is 20.8. The van der Waals surface area contributed by atoms with E-state index in [-0.39, 0.29) is 5.76 Å². The summed E-state index contributed by atoms with van der Waals surface area (Å²) in [6.07, 6.45) is 3.32. The van der Waals surface area contributed by atoms with Crippen LogP contribution in [0.15, 0.2) is 46.1 Å². The van der Waals surface area contributed by atoms with Gasteiger partial charge in [0, 0.05) is 45.8 Å². The molecule has 4 rings (SSSR count). The van der Waals surface area contributed by atoms with Crippen molar-refractivity contribution >= 4 is 11.1 Å². The standard InChI is InChI=1S/C17H22N6O2/c24-17-23(15-3-1-2-4-16(15)25-17)12-10-21-7-5-20(6-8-21)9-11-22-14-18-13-19-22/h1-4,13-14H,5-12H2. The lowest BCUT2D eigenvalue weighted by molar-refractivity contribution is 0.125. The number of hydrogen-bond acceptors (Lipinski definition) is 6. The number of nitrogens with zero attached hydrogens (tertiary/aromatic N) is 6. The van der Waals surface area contributed by atoms with E-state index in [1.165, 1.54) is 0 Å². The van der Waals surface area contributed by atoms with Crippen molar-refractivity contribution < 1.29 is 4.42 Å². The zero-order valence-electron chi connectivity index (χ0n) is 14.1. The van der Waals surface area contributed by atoms with Crippen LogP contribution in [0.1, 0.15) is 0 Å². The Labute approximate surface area is 145 Å². The van der Waals surface area contributed by atoms with Crippen molar-refractivity contribution in [3.05, 3.63) is 47.5 Å². The van der Waals surface area contributed by atoms with Crippen molar-refractivity contribution in [1.82, 2.24) is 29.1 Å². The van der Waals surface area contributed by atoms with E-state index in [2.05, 4.69) is 19.9 Å². The molecule has 8 nitrogen and oxygen atoms in total. The minimum absolute atomic E-state index is 0.271. The Bertz CT molecular complexity index is 861. The van der Waals surface area contributed by atoms with Crippen LogP contribution in [-0.2, 0) is 13.1 Å². The largest absolute Gasteiger partial charge is 0.419 e. The van der Waals surface area contributed by atoms with Gasteiger partial charge >= 0.3 is 5.76 Å². The highest BCUT2D eigenvalue weighted by Crippen LogP contribution is 2.12. The van der Waals surface area contributed by atoms with Crippen LogP contribution in [0.25, 0.3) is 11.1 Å². The molecule has 0 N–H and O–H groups in total. The van der Waals surface area contributed by atoms with E-state index in [1.807, 2.05) is 28.9 Å². The highest BCUT2D eigenvalue weighted by atomic mass is 16.4. The first kappa shape index (κ1) is 16.0. The number of fused-ring (bicyclic) bond motifs is 1. The van der Waals surface area contributed by atoms with E-state index < -0.39 is 0 Å². The second-order valence-electron chi connectivity index (χ2n) is 6.33. The summed E-state index contributed by atoms with van der Waals surface area (Å²) in [6, 6.07) is 7.58. The number of piperazine rings is 1. The van der Waals surface area contributed by atoms with E-state index in [0.717, 1.165) is 51.3 Å². The summed E-state index contributed by atoms with van der Waals surface area (Å²) in [7, 11) is 0. The van der Waals surface area contributed by atoms with Crippen LogP contribution in [0.4, 0.5) is 0 Å². The van der Waals surface area contributed by atoms with Crippen LogP contribution in [0.5, 0.6) is 0 Å². The van der Waals surface area contributed by atoms with Crippen molar-refractivity contribution in [2.45, 2.75) is 13.1 Å². The molecule has 3 aromatic rings. The lowest BCUT2D eigenvalue weighted by Gasteiger charge is -2.34. The van der Waals surface area contributed by atoms with Gasteiger partial charge in [-0.05, 0) is 12.1 Å². The molecule has 1 saturated heterocycles. The number of para-hydroxylation sites is 2. The first-order chi connectivity index (χ1) is 12.3. The van der Waals surface area contributed by atoms with Crippen molar-refractivity contribution in [1.29, 1.82) is 0 Å². The first-order valence-electron chi connectivity index (χ1n) is 8.65. The minimum Gasteiger partial charge on any atom is -0.408 e. The van der Waals surface area contributed by atoms with Crippen LogP contribution in [0.2, 0.25) is 0 Å². The molecule has 2 aromatic heterocycles. The maximum Gasteiger partial charge on any atom is 0.419 e. The number of aromatic nitrogens is 4.